The van der Waals surface area contributed by atoms with Gasteiger partial charge in [0.1, 0.15) is 43.0 Å². The maximum Gasteiger partial charge on any atom is 0.475 e. The van der Waals surface area contributed by atoms with Gasteiger partial charge in [0.25, 0.3) is 11.5 Å². The standard InChI is InChI=1S/C47H67N10O13PSi2/c1-46(2,3)72(7,8)69-36-31(66-44(37(36)67-32-19-14-15-21-62-32)57-28-54-34-41(57)51-26-52-43(34)60)24-64-71(61,63-22-16-20-48)68-35-30(23-58)65-45(38(35)70-73(9,10)47(4,5)6)56-27-53-33-39(49-25-50-40(33)56)55-42(59)29-17-12-11-13-18-29/h11-13,17-18,25-28,30-32,35-38,44-45,58H,14-16,19,21-24H2,1-10H3,(H,51,52,60)(H,49,50,55,59)/t30?,31?,32?,35-,36-,37-,38-,44?,45?,71?/m1/s1. The average Bonchev–Trinajstić information content (AvgIpc) is 4.13. The number of phosphoric ester groups is 1. The van der Waals surface area contributed by atoms with Crippen LogP contribution in [0, 0.1) is 11.3 Å². The molecule has 7 heterocycles. The van der Waals surface area contributed by atoms with Crippen LogP contribution in [-0.2, 0) is 45.9 Å². The third-order valence-electron chi connectivity index (χ3n) is 14.3. The summed E-state index contributed by atoms with van der Waals surface area (Å²) in [7, 11) is -10.3. The first kappa shape index (κ1) is 54.6. The summed E-state index contributed by atoms with van der Waals surface area (Å²) in [5, 5.41) is 22.8. The molecular formula is C47H67N10O13PSi2. The van der Waals surface area contributed by atoms with Gasteiger partial charge in [-0.3, -0.25) is 32.3 Å². The van der Waals surface area contributed by atoms with Gasteiger partial charge in [0.05, 0.1) is 51.3 Å². The molecule has 0 aliphatic carbocycles. The maximum atomic E-state index is 15.5. The van der Waals surface area contributed by atoms with E-state index in [0.717, 1.165) is 12.8 Å². The number of phosphoric acid groups is 1. The van der Waals surface area contributed by atoms with Gasteiger partial charge >= 0.3 is 7.82 Å². The fourth-order valence-corrected chi connectivity index (χ4v) is 12.3. The Morgan fingerprint density at radius 3 is 2.15 bits per heavy atom. The third-order valence-corrected chi connectivity index (χ3v) is 24.7. The van der Waals surface area contributed by atoms with Crippen molar-refractivity contribution in [3.8, 4) is 6.07 Å². The van der Waals surface area contributed by atoms with Crippen LogP contribution in [0.25, 0.3) is 22.3 Å². The number of nitrogens with one attached hydrogen (secondary N) is 2. The number of nitriles is 1. The van der Waals surface area contributed by atoms with E-state index in [0.29, 0.717) is 18.6 Å². The smallest absolute Gasteiger partial charge is 0.408 e. The molecule has 10 atom stereocenters. The van der Waals surface area contributed by atoms with E-state index in [1.165, 1.54) is 25.3 Å². The van der Waals surface area contributed by atoms with Gasteiger partial charge in [-0.05, 0) is 67.7 Å². The first-order valence-electron chi connectivity index (χ1n) is 24.5. The van der Waals surface area contributed by atoms with E-state index < -0.39 is 105 Å². The highest BCUT2D eigenvalue weighted by Gasteiger charge is 2.57. The van der Waals surface area contributed by atoms with Gasteiger partial charge in [0.15, 0.2) is 63.5 Å². The van der Waals surface area contributed by atoms with Gasteiger partial charge in [0.2, 0.25) is 0 Å². The number of rotatable bonds is 19. The van der Waals surface area contributed by atoms with Gasteiger partial charge in [-0.25, -0.2) is 29.5 Å². The molecule has 0 bridgehead atoms. The summed E-state index contributed by atoms with van der Waals surface area (Å²) in [4.78, 5) is 51.0. The summed E-state index contributed by atoms with van der Waals surface area (Å²) in [6, 6.07) is 10.7. The van der Waals surface area contributed by atoms with Gasteiger partial charge < -0.3 is 43.2 Å². The number of ether oxygens (including phenoxy) is 4. The van der Waals surface area contributed by atoms with Gasteiger partial charge in [-0.1, -0.05) is 59.7 Å². The maximum absolute atomic E-state index is 15.5. The second kappa shape index (κ2) is 21.9. The highest BCUT2D eigenvalue weighted by Crippen LogP contribution is 2.56. The lowest BCUT2D eigenvalue weighted by molar-refractivity contribution is -0.214. The van der Waals surface area contributed by atoms with Crippen LogP contribution in [0.15, 0.2) is 60.4 Å². The monoisotopic (exact) mass is 1070 g/mol. The molecule has 26 heteroatoms. The number of carbonyl (C=O) groups is 1. The van der Waals surface area contributed by atoms with Crippen LogP contribution in [0.4, 0.5) is 5.82 Å². The topological polar surface area (TPSA) is 280 Å². The molecule has 0 saturated carbocycles. The van der Waals surface area contributed by atoms with E-state index in [1.54, 1.807) is 39.5 Å². The molecule has 3 fully saturated rings. The summed E-state index contributed by atoms with van der Waals surface area (Å²) in [5.41, 5.74) is 0.784. The number of H-pyrrole nitrogens is 1. The highest BCUT2D eigenvalue weighted by molar-refractivity contribution is 7.48. The van der Waals surface area contributed by atoms with Crippen LogP contribution in [-0.4, -0.2) is 136 Å². The lowest BCUT2D eigenvalue weighted by Crippen LogP contribution is -2.51. The molecule has 3 aliphatic rings. The number of aliphatic hydroxyl groups is 1. The minimum atomic E-state index is -4.81. The summed E-state index contributed by atoms with van der Waals surface area (Å²) >= 11 is 0. The van der Waals surface area contributed by atoms with Gasteiger partial charge in [-0.15, -0.1) is 0 Å². The molecule has 23 nitrogen and oxygen atoms in total. The fraction of sp³-hybridized carbons (Fsp3) is 0.617. The Kier molecular flexibility index (Phi) is 16.4. The fourth-order valence-electron chi connectivity index (χ4n) is 8.28. The number of amides is 1. The predicted molar refractivity (Wildman–Crippen MR) is 270 cm³/mol. The molecule has 396 valence electrons. The van der Waals surface area contributed by atoms with E-state index in [9.17, 15) is 20.0 Å². The Bertz CT molecular complexity index is 2860. The van der Waals surface area contributed by atoms with Crippen LogP contribution >= 0.6 is 7.82 Å². The van der Waals surface area contributed by atoms with Crippen molar-refractivity contribution in [3.05, 3.63) is 71.6 Å². The molecule has 1 aromatic carbocycles. The molecule has 1 amide bonds. The zero-order valence-electron chi connectivity index (χ0n) is 42.9. The number of aromatic amines is 1. The van der Waals surface area contributed by atoms with E-state index in [-0.39, 0.29) is 51.2 Å². The number of nitrogens with zero attached hydrogens (tertiary/aromatic N) is 8. The molecule has 6 unspecified atom stereocenters. The molecule has 0 spiro atoms. The number of hydrogen-bond acceptors (Lipinski definition) is 19. The Labute approximate surface area is 425 Å². The van der Waals surface area contributed by atoms with Crippen molar-refractivity contribution in [2.45, 2.75) is 159 Å². The number of imidazole rings is 2. The lowest BCUT2D eigenvalue weighted by atomic mass is 10.1. The number of benzene rings is 1. The molecular weight excluding hydrogens is 1000 g/mol. The molecule has 5 aromatic rings. The SMILES string of the molecule is CC(C)(C)[Si](C)(C)O[C@@H]1C(COP(=O)(OCCC#N)O[C@@H]2C(CO)OC(n3cnc4c(NC(=O)c5ccccc5)ncnc43)[C@@H]2O[Si](C)(C)C(C)(C)C)OC(n2cnc3c(=O)[nH]cnc32)[C@@H]1OC1CCCCO1. The Morgan fingerprint density at radius 1 is 0.863 bits per heavy atom. The highest BCUT2D eigenvalue weighted by atomic mass is 31.2. The van der Waals surface area contributed by atoms with Crippen LogP contribution in [0.5, 0.6) is 0 Å². The number of aromatic nitrogens is 8. The first-order valence-corrected chi connectivity index (χ1v) is 31.8. The average molecular weight is 1070 g/mol. The van der Waals surface area contributed by atoms with E-state index in [4.69, 9.17) is 41.4 Å². The summed E-state index contributed by atoms with van der Waals surface area (Å²) in [5.74, 6) is -0.265. The number of aliphatic hydroxyl groups excluding tert-OH is 1. The predicted octanol–water partition coefficient (Wildman–Crippen LogP) is 7.13. The number of hydrogen-bond donors (Lipinski definition) is 3. The van der Waals surface area contributed by atoms with Gasteiger partial charge in [-0.2, -0.15) is 5.26 Å². The van der Waals surface area contributed by atoms with Crippen molar-refractivity contribution < 1.29 is 55.8 Å². The van der Waals surface area contributed by atoms with Crippen LogP contribution in [0.1, 0.15) is 90.0 Å². The van der Waals surface area contributed by atoms with Crippen LogP contribution < -0.4 is 10.9 Å². The normalized spacial score (nSPS) is 26.0. The second-order valence-corrected chi connectivity index (χ2v) is 32.5. The number of fused-ring (bicyclic) bond motifs is 2. The van der Waals surface area contributed by atoms with Crippen molar-refractivity contribution in [3.63, 3.8) is 0 Å². The molecule has 3 N–H and O–H groups in total. The largest absolute Gasteiger partial charge is 0.475 e. The quantitative estimate of drug-likeness (QED) is 0.0421. The number of anilines is 1. The minimum absolute atomic E-state index is 0.0838. The summed E-state index contributed by atoms with van der Waals surface area (Å²) < 4.78 is 78.1. The molecule has 3 saturated heterocycles. The number of carbonyl (C=O) groups excluding carboxylic acids is 1. The minimum Gasteiger partial charge on any atom is -0.408 e. The second-order valence-electron chi connectivity index (χ2n) is 21.4. The zero-order valence-corrected chi connectivity index (χ0v) is 45.8. The van der Waals surface area contributed by atoms with Crippen molar-refractivity contribution in [2.24, 2.45) is 0 Å². The molecule has 8 rings (SSSR count). The third kappa shape index (κ3) is 11.8. The van der Waals surface area contributed by atoms with Crippen molar-refractivity contribution in [2.75, 3.05) is 31.7 Å². The molecule has 0 radical (unpaired) electrons. The zero-order chi connectivity index (χ0) is 52.5. The van der Waals surface area contributed by atoms with Crippen molar-refractivity contribution in [1.82, 2.24) is 39.0 Å². The van der Waals surface area contributed by atoms with E-state index in [1.807, 2.05) is 19.2 Å². The van der Waals surface area contributed by atoms with Crippen molar-refractivity contribution in [1.29, 1.82) is 5.26 Å². The van der Waals surface area contributed by atoms with E-state index >= 15 is 4.57 Å². The summed E-state index contributed by atoms with van der Waals surface area (Å²) in [6.45, 7) is 19.8. The van der Waals surface area contributed by atoms with Gasteiger partial charge in [0, 0.05) is 12.2 Å². The Balaban J connectivity index is 1.15. The molecule has 73 heavy (non-hydrogen) atoms. The Hall–Kier alpha value is -4.66. The lowest BCUT2D eigenvalue weighted by Gasteiger charge is -2.41. The van der Waals surface area contributed by atoms with Crippen LogP contribution in [0.2, 0.25) is 36.3 Å². The van der Waals surface area contributed by atoms with E-state index in [2.05, 4.69) is 89.9 Å². The van der Waals surface area contributed by atoms with Crippen molar-refractivity contribution >= 4 is 58.5 Å². The molecule has 3 aliphatic heterocycles. The Morgan fingerprint density at radius 2 is 1.51 bits per heavy atom. The summed E-state index contributed by atoms with van der Waals surface area (Å²) in [6.07, 6.45) is -1.50. The first-order chi connectivity index (χ1) is 34.5. The van der Waals surface area contributed by atoms with Crippen LogP contribution in [0.3, 0.4) is 0 Å². The molecule has 4 aromatic heterocycles.